The van der Waals surface area contributed by atoms with E-state index in [-0.39, 0.29) is 6.61 Å². The molecule has 102 valence electrons. The maximum Gasteiger partial charge on any atom is 0.411 e. The average molecular weight is 255 g/mol. The highest BCUT2D eigenvalue weighted by atomic mass is 19.4. The molecule has 1 rings (SSSR count). The average Bonchev–Trinajstić information content (AvgIpc) is 2.62. The SMILES string of the molecule is OC1(CNCCCOCC(F)(F)F)CCCC1. The van der Waals surface area contributed by atoms with Crippen molar-refractivity contribution in [2.75, 3.05) is 26.3 Å². The first-order valence-corrected chi connectivity index (χ1v) is 5.99. The molecule has 0 unspecified atom stereocenters. The zero-order valence-corrected chi connectivity index (χ0v) is 9.85. The van der Waals surface area contributed by atoms with Crippen LogP contribution in [0.2, 0.25) is 0 Å². The number of hydrogen-bond donors (Lipinski definition) is 2. The summed E-state index contributed by atoms with van der Waals surface area (Å²) >= 11 is 0. The molecule has 17 heavy (non-hydrogen) atoms. The lowest BCUT2D eigenvalue weighted by Gasteiger charge is -2.22. The van der Waals surface area contributed by atoms with E-state index >= 15 is 0 Å². The quantitative estimate of drug-likeness (QED) is 0.682. The summed E-state index contributed by atoms with van der Waals surface area (Å²) in [4.78, 5) is 0. The van der Waals surface area contributed by atoms with Crippen LogP contribution in [-0.4, -0.2) is 43.2 Å². The molecule has 1 aliphatic rings. The lowest BCUT2D eigenvalue weighted by atomic mass is 10.0. The first-order chi connectivity index (χ1) is 7.91. The molecule has 1 aliphatic carbocycles. The Morgan fingerprint density at radius 1 is 1.24 bits per heavy atom. The second kappa shape index (κ2) is 6.56. The Bertz CT molecular complexity index is 215. The Balaban J connectivity index is 1.91. The molecule has 0 aromatic heterocycles. The minimum atomic E-state index is -4.24. The van der Waals surface area contributed by atoms with Gasteiger partial charge in [0.2, 0.25) is 0 Å². The number of nitrogens with one attached hydrogen (secondary N) is 1. The van der Waals surface area contributed by atoms with E-state index in [0.717, 1.165) is 25.7 Å². The highest BCUT2D eigenvalue weighted by Gasteiger charge is 2.30. The second-order valence-electron chi connectivity index (χ2n) is 4.63. The standard InChI is InChI=1S/C11H20F3NO2/c12-11(13,14)9-17-7-3-6-15-8-10(16)4-1-2-5-10/h15-16H,1-9H2. The van der Waals surface area contributed by atoms with E-state index in [9.17, 15) is 18.3 Å². The van der Waals surface area contributed by atoms with E-state index in [2.05, 4.69) is 10.1 Å². The number of ether oxygens (including phenoxy) is 1. The van der Waals surface area contributed by atoms with Gasteiger partial charge in [-0.2, -0.15) is 13.2 Å². The molecule has 0 bridgehead atoms. The summed E-state index contributed by atoms with van der Waals surface area (Å²) in [5.41, 5.74) is -0.604. The van der Waals surface area contributed by atoms with Crippen LogP contribution in [-0.2, 0) is 4.74 Å². The van der Waals surface area contributed by atoms with E-state index < -0.39 is 18.4 Å². The fourth-order valence-corrected chi connectivity index (χ4v) is 2.02. The fourth-order valence-electron chi connectivity index (χ4n) is 2.02. The molecule has 0 atom stereocenters. The molecule has 0 heterocycles. The van der Waals surface area contributed by atoms with Gasteiger partial charge in [0.25, 0.3) is 0 Å². The fraction of sp³-hybridized carbons (Fsp3) is 1.00. The zero-order chi connectivity index (χ0) is 12.8. The van der Waals surface area contributed by atoms with Crippen LogP contribution in [0.15, 0.2) is 0 Å². The first kappa shape index (κ1) is 14.7. The van der Waals surface area contributed by atoms with Crippen molar-refractivity contribution in [2.24, 2.45) is 0 Å². The molecule has 0 saturated heterocycles. The molecule has 0 radical (unpaired) electrons. The van der Waals surface area contributed by atoms with Crippen LogP contribution in [0.5, 0.6) is 0 Å². The molecule has 0 amide bonds. The Morgan fingerprint density at radius 2 is 1.88 bits per heavy atom. The van der Waals surface area contributed by atoms with Crippen LogP contribution in [0.4, 0.5) is 13.2 Å². The van der Waals surface area contributed by atoms with E-state index in [4.69, 9.17) is 0 Å². The normalized spacial score (nSPS) is 19.8. The van der Waals surface area contributed by atoms with Crippen molar-refractivity contribution < 1.29 is 23.0 Å². The van der Waals surface area contributed by atoms with Crippen molar-refractivity contribution in [3.8, 4) is 0 Å². The molecular formula is C11H20F3NO2. The number of hydrogen-bond acceptors (Lipinski definition) is 3. The smallest absolute Gasteiger partial charge is 0.389 e. The molecule has 3 nitrogen and oxygen atoms in total. The first-order valence-electron chi connectivity index (χ1n) is 5.99. The number of aliphatic hydroxyl groups is 1. The van der Waals surface area contributed by atoms with Crippen molar-refractivity contribution in [1.82, 2.24) is 5.32 Å². The van der Waals surface area contributed by atoms with Crippen LogP contribution in [0, 0.1) is 0 Å². The second-order valence-corrected chi connectivity index (χ2v) is 4.63. The summed E-state index contributed by atoms with van der Waals surface area (Å²) in [5, 5.41) is 13.0. The molecule has 0 aliphatic heterocycles. The monoisotopic (exact) mass is 255 g/mol. The molecule has 0 spiro atoms. The lowest BCUT2D eigenvalue weighted by molar-refractivity contribution is -0.173. The summed E-state index contributed by atoms with van der Waals surface area (Å²) in [6.07, 6.45) is -0.00646. The Kier molecular flexibility index (Phi) is 5.69. The van der Waals surface area contributed by atoms with Gasteiger partial charge in [0.1, 0.15) is 6.61 Å². The van der Waals surface area contributed by atoms with E-state index in [1.807, 2.05) is 0 Å². The maximum atomic E-state index is 11.7. The summed E-state index contributed by atoms with van der Waals surface area (Å²) in [7, 11) is 0. The van der Waals surface area contributed by atoms with Crippen molar-refractivity contribution in [1.29, 1.82) is 0 Å². The van der Waals surface area contributed by atoms with Crippen LogP contribution in [0.1, 0.15) is 32.1 Å². The zero-order valence-electron chi connectivity index (χ0n) is 9.85. The topological polar surface area (TPSA) is 41.5 Å². The van der Waals surface area contributed by atoms with Crippen LogP contribution >= 0.6 is 0 Å². The Hall–Kier alpha value is -0.330. The largest absolute Gasteiger partial charge is 0.411 e. The summed E-state index contributed by atoms with van der Waals surface area (Å²) in [6.45, 7) is -0.00564. The molecule has 1 fully saturated rings. The van der Waals surface area contributed by atoms with E-state index in [0.29, 0.717) is 19.5 Å². The van der Waals surface area contributed by atoms with Crippen LogP contribution in [0.25, 0.3) is 0 Å². The Labute approximate surface area is 99.3 Å². The minimum absolute atomic E-state index is 0.0882. The van der Waals surface area contributed by atoms with Crippen molar-refractivity contribution in [2.45, 2.75) is 43.9 Å². The van der Waals surface area contributed by atoms with Crippen molar-refractivity contribution in [3.63, 3.8) is 0 Å². The number of rotatable bonds is 7. The predicted molar refractivity (Wildman–Crippen MR) is 57.8 cm³/mol. The van der Waals surface area contributed by atoms with Gasteiger partial charge in [0, 0.05) is 13.2 Å². The molecule has 2 N–H and O–H groups in total. The summed E-state index contributed by atoms with van der Waals surface area (Å²) in [6, 6.07) is 0. The van der Waals surface area contributed by atoms with Gasteiger partial charge in [-0.25, -0.2) is 0 Å². The van der Waals surface area contributed by atoms with Crippen molar-refractivity contribution in [3.05, 3.63) is 0 Å². The molecule has 1 saturated carbocycles. The molecular weight excluding hydrogens is 235 g/mol. The van der Waals surface area contributed by atoms with Gasteiger partial charge in [-0.3, -0.25) is 0 Å². The number of alkyl halides is 3. The number of halogens is 3. The third-order valence-electron chi connectivity index (χ3n) is 2.90. The lowest BCUT2D eigenvalue weighted by Crippen LogP contribution is -2.38. The third kappa shape index (κ3) is 6.85. The summed E-state index contributed by atoms with van der Waals surface area (Å²) in [5.74, 6) is 0. The van der Waals surface area contributed by atoms with Crippen LogP contribution < -0.4 is 5.32 Å². The minimum Gasteiger partial charge on any atom is -0.389 e. The van der Waals surface area contributed by atoms with E-state index in [1.165, 1.54) is 0 Å². The van der Waals surface area contributed by atoms with Gasteiger partial charge in [-0.15, -0.1) is 0 Å². The Morgan fingerprint density at radius 3 is 2.47 bits per heavy atom. The third-order valence-corrected chi connectivity index (χ3v) is 2.90. The van der Waals surface area contributed by atoms with Gasteiger partial charge >= 0.3 is 6.18 Å². The van der Waals surface area contributed by atoms with Crippen molar-refractivity contribution >= 4 is 0 Å². The predicted octanol–water partition coefficient (Wildman–Crippen LogP) is 1.85. The molecule has 0 aromatic carbocycles. The van der Waals surface area contributed by atoms with Gasteiger partial charge in [-0.05, 0) is 25.8 Å². The van der Waals surface area contributed by atoms with Gasteiger partial charge in [-0.1, -0.05) is 12.8 Å². The molecule has 0 aromatic rings. The maximum absolute atomic E-state index is 11.7. The van der Waals surface area contributed by atoms with E-state index in [1.54, 1.807) is 0 Å². The van der Waals surface area contributed by atoms with Crippen LogP contribution in [0.3, 0.4) is 0 Å². The van der Waals surface area contributed by atoms with Gasteiger partial charge in [0.05, 0.1) is 5.60 Å². The molecule has 6 heteroatoms. The highest BCUT2D eigenvalue weighted by Crippen LogP contribution is 2.28. The van der Waals surface area contributed by atoms with Gasteiger partial charge < -0.3 is 15.2 Å². The highest BCUT2D eigenvalue weighted by molar-refractivity contribution is 4.85. The van der Waals surface area contributed by atoms with Gasteiger partial charge in [0.15, 0.2) is 0 Å². The summed E-state index contributed by atoms with van der Waals surface area (Å²) < 4.78 is 39.6.